The Morgan fingerprint density at radius 1 is 1.17 bits per heavy atom. The number of carbonyl (C=O) groups is 2. The van der Waals surface area contributed by atoms with Gasteiger partial charge in [0.2, 0.25) is 11.8 Å². The largest absolute Gasteiger partial charge is 0.340 e. The third kappa shape index (κ3) is 3.71. The fourth-order valence-electron chi connectivity index (χ4n) is 3.76. The number of nitrogens with zero attached hydrogens (tertiary/aromatic N) is 5. The van der Waals surface area contributed by atoms with E-state index in [2.05, 4.69) is 10.1 Å². The number of aromatic nitrogens is 3. The van der Waals surface area contributed by atoms with Crippen molar-refractivity contribution in [3.63, 3.8) is 0 Å². The van der Waals surface area contributed by atoms with E-state index in [9.17, 15) is 9.59 Å². The number of amides is 2. The van der Waals surface area contributed by atoms with Crippen LogP contribution in [0.5, 0.6) is 0 Å². The highest BCUT2D eigenvalue weighted by Gasteiger charge is 2.30. The first-order chi connectivity index (χ1) is 11.1. The topological polar surface area (TPSA) is 71.3 Å². The van der Waals surface area contributed by atoms with Crippen LogP contribution in [0.4, 0.5) is 0 Å². The van der Waals surface area contributed by atoms with Gasteiger partial charge in [-0.3, -0.25) is 9.59 Å². The molecule has 2 amide bonds. The lowest BCUT2D eigenvalue weighted by molar-refractivity contribution is -0.138. The number of carbonyl (C=O) groups excluding carboxylic acids is 2. The number of hydrogen-bond donors (Lipinski definition) is 0. The molecule has 1 aromatic rings. The Kier molecular flexibility index (Phi) is 4.93. The van der Waals surface area contributed by atoms with Gasteiger partial charge < -0.3 is 9.80 Å². The highest BCUT2D eigenvalue weighted by Crippen LogP contribution is 2.24. The van der Waals surface area contributed by atoms with Crippen LogP contribution in [0.3, 0.4) is 0 Å². The van der Waals surface area contributed by atoms with Gasteiger partial charge in [-0.15, -0.1) is 0 Å². The van der Waals surface area contributed by atoms with Gasteiger partial charge >= 0.3 is 0 Å². The third-order valence-corrected chi connectivity index (χ3v) is 5.00. The Morgan fingerprint density at radius 2 is 2.04 bits per heavy atom. The summed E-state index contributed by atoms with van der Waals surface area (Å²) in [5.74, 6) is 0.245. The lowest BCUT2D eigenvalue weighted by atomic mass is 9.97. The monoisotopic (exact) mass is 319 g/mol. The molecule has 0 radical (unpaired) electrons. The minimum Gasteiger partial charge on any atom is -0.340 e. The number of hydrogen-bond acceptors (Lipinski definition) is 4. The Hall–Kier alpha value is -1.92. The molecule has 2 saturated heterocycles. The molecule has 1 aromatic heterocycles. The number of rotatable bonds is 3. The van der Waals surface area contributed by atoms with Crippen LogP contribution in [-0.2, 0) is 9.59 Å². The molecule has 0 saturated carbocycles. The summed E-state index contributed by atoms with van der Waals surface area (Å²) in [4.78, 5) is 32.3. The van der Waals surface area contributed by atoms with Gasteiger partial charge in [0.15, 0.2) is 0 Å². The Labute approximate surface area is 136 Å². The molecule has 0 aromatic carbocycles. The van der Waals surface area contributed by atoms with Crippen molar-refractivity contribution in [2.24, 2.45) is 0 Å². The maximum absolute atomic E-state index is 12.7. The fourth-order valence-corrected chi connectivity index (χ4v) is 3.76. The van der Waals surface area contributed by atoms with E-state index in [1.807, 2.05) is 14.5 Å². The molecular formula is C16H25N5O2. The van der Waals surface area contributed by atoms with Gasteiger partial charge in [0.1, 0.15) is 12.7 Å². The quantitative estimate of drug-likeness (QED) is 0.840. The molecule has 0 bridgehead atoms. The second-order valence-corrected chi connectivity index (χ2v) is 6.58. The first kappa shape index (κ1) is 16.0. The Balaban J connectivity index is 1.60. The van der Waals surface area contributed by atoms with E-state index >= 15 is 0 Å². The summed E-state index contributed by atoms with van der Waals surface area (Å²) < 4.78 is 1.85. The predicted molar refractivity (Wildman–Crippen MR) is 84.5 cm³/mol. The first-order valence-corrected chi connectivity index (χ1v) is 8.54. The van der Waals surface area contributed by atoms with Crippen LogP contribution < -0.4 is 0 Å². The van der Waals surface area contributed by atoms with Crippen LogP contribution in [0.2, 0.25) is 0 Å². The van der Waals surface area contributed by atoms with Crippen molar-refractivity contribution in [3.8, 4) is 0 Å². The normalized spacial score (nSPS) is 25.4. The van der Waals surface area contributed by atoms with Crippen molar-refractivity contribution in [2.75, 3.05) is 19.6 Å². The molecular weight excluding hydrogens is 294 g/mol. The SMILES string of the molecule is CC(=O)N1CCCC[C@@H]1CC(=O)N1CCC[C@H](n2cncn2)C1. The van der Waals surface area contributed by atoms with Crippen molar-refractivity contribution in [1.29, 1.82) is 0 Å². The van der Waals surface area contributed by atoms with Crippen LogP contribution >= 0.6 is 0 Å². The Morgan fingerprint density at radius 3 is 2.78 bits per heavy atom. The highest BCUT2D eigenvalue weighted by molar-refractivity contribution is 5.79. The zero-order valence-electron chi connectivity index (χ0n) is 13.7. The van der Waals surface area contributed by atoms with E-state index in [4.69, 9.17) is 0 Å². The molecule has 0 aliphatic carbocycles. The number of piperidine rings is 2. The lowest BCUT2D eigenvalue weighted by Gasteiger charge is -2.37. The molecule has 3 rings (SSSR count). The molecule has 23 heavy (non-hydrogen) atoms. The van der Waals surface area contributed by atoms with Gasteiger partial charge in [-0.2, -0.15) is 5.10 Å². The van der Waals surface area contributed by atoms with Crippen LogP contribution in [-0.4, -0.2) is 62.1 Å². The van der Waals surface area contributed by atoms with Gasteiger partial charge in [0, 0.05) is 39.0 Å². The van der Waals surface area contributed by atoms with Crippen molar-refractivity contribution < 1.29 is 9.59 Å². The van der Waals surface area contributed by atoms with E-state index in [0.717, 1.165) is 45.2 Å². The third-order valence-electron chi connectivity index (χ3n) is 5.00. The highest BCUT2D eigenvalue weighted by atomic mass is 16.2. The molecule has 0 N–H and O–H groups in total. The van der Waals surface area contributed by atoms with Gasteiger partial charge in [-0.25, -0.2) is 9.67 Å². The lowest BCUT2D eigenvalue weighted by Crippen LogP contribution is -2.47. The first-order valence-electron chi connectivity index (χ1n) is 8.54. The molecule has 2 fully saturated rings. The maximum atomic E-state index is 12.7. The molecule has 2 aliphatic rings. The molecule has 7 heteroatoms. The van der Waals surface area contributed by atoms with E-state index in [0.29, 0.717) is 13.0 Å². The van der Waals surface area contributed by atoms with E-state index in [1.165, 1.54) is 6.33 Å². The van der Waals surface area contributed by atoms with Crippen molar-refractivity contribution in [1.82, 2.24) is 24.6 Å². The smallest absolute Gasteiger partial charge is 0.224 e. The molecule has 7 nitrogen and oxygen atoms in total. The summed E-state index contributed by atoms with van der Waals surface area (Å²) in [6.45, 7) is 3.88. The summed E-state index contributed by atoms with van der Waals surface area (Å²) in [6, 6.07) is 0.283. The van der Waals surface area contributed by atoms with Crippen molar-refractivity contribution >= 4 is 11.8 Å². The number of likely N-dealkylation sites (tertiary alicyclic amines) is 2. The summed E-state index contributed by atoms with van der Waals surface area (Å²) in [6.07, 6.45) is 8.79. The van der Waals surface area contributed by atoms with Gasteiger partial charge in [-0.05, 0) is 32.1 Å². The van der Waals surface area contributed by atoms with Gasteiger partial charge in [0.05, 0.1) is 6.04 Å². The Bertz CT molecular complexity index is 545. The summed E-state index contributed by atoms with van der Waals surface area (Å²) in [7, 11) is 0. The summed E-state index contributed by atoms with van der Waals surface area (Å²) in [5.41, 5.74) is 0. The predicted octanol–water partition coefficient (Wildman–Crippen LogP) is 1.23. The van der Waals surface area contributed by atoms with Crippen molar-refractivity contribution in [3.05, 3.63) is 12.7 Å². The second-order valence-electron chi connectivity index (χ2n) is 6.58. The molecule has 2 aliphatic heterocycles. The molecule has 3 heterocycles. The maximum Gasteiger partial charge on any atom is 0.224 e. The van der Waals surface area contributed by atoms with Crippen LogP contribution in [0.25, 0.3) is 0 Å². The van der Waals surface area contributed by atoms with E-state index in [-0.39, 0.29) is 23.9 Å². The average molecular weight is 319 g/mol. The second kappa shape index (κ2) is 7.10. The molecule has 0 spiro atoms. The van der Waals surface area contributed by atoms with Gasteiger partial charge in [0.25, 0.3) is 0 Å². The van der Waals surface area contributed by atoms with E-state index < -0.39 is 0 Å². The van der Waals surface area contributed by atoms with Crippen molar-refractivity contribution in [2.45, 2.75) is 57.5 Å². The van der Waals surface area contributed by atoms with Crippen LogP contribution in [0, 0.1) is 0 Å². The molecule has 0 unspecified atom stereocenters. The zero-order valence-corrected chi connectivity index (χ0v) is 13.7. The minimum absolute atomic E-state index is 0.0699. The van der Waals surface area contributed by atoms with E-state index in [1.54, 1.807) is 13.3 Å². The summed E-state index contributed by atoms with van der Waals surface area (Å²) in [5, 5.41) is 4.20. The van der Waals surface area contributed by atoms with Crippen LogP contribution in [0.15, 0.2) is 12.7 Å². The fraction of sp³-hybridized carbons (Fsp3) is 0.750. The zero-order chi connectivity index (χ0) is 16.2. The average Bonchev–Trinajstić information content (AvgIpc) is 3.10. The minimum atomic E-state index is 0.0699. The molecule has 2 atom stereocenters. The van der Waals surface area contributed by atoms with Crippen LogP contribution in [0.1, 0.15) is 51.5 Å². The van der Waals surface area contributed by atoms with Gasteiger partial charge in [-0.1, -0.05) is 0 Å². The molecule has 126 valence electrons. The summed E-state index contributed by atoms with van der Waals surface area (Å²) >= 11 is 0. The standard InChI is InChI=1S/C16H25N5O2/c1-13(22)20-8-3-2-5-14(20)9-16(23)19-7-4-6-15(10-19)21-12-17-11-18-21/h11-12,14-15H,2-10H2,1H3/t14-,15+/m1/s1.